The highest BCUT2D eigenvalue weighted by molar-refractivity contribution is 5.76. The predicted molar refractivity (Wildman–Crippen MR) is 58.8 cm³/mol. The second-order valence-electron chi connectivity index (χ2n) is 3.61. The maximum absolute atomic E-state index is 8.78. The molecule has 0 spiro atoms. The maximum Gasteiger partial charge on any atom is 0.145 e. The monoisotopic (exact) mass is 203 g/mol. The van der Waals surface area contributed by atoms with Crippen LogP contribution in [0.1, 0.15) is 18.9 Å². The van der Waals surface area contributed by atoms with Crippen LogP contribution in [-0.2, 0) is 0 Å². The summed E-state index contributed by atoms with van der Waals surface area (Å²) < 4.78 is 5.56. The van der Waals surface area contributed by atoms with Crippen molar-refractivity contribution in [1.29, 1.82) is 5.26 Å². The van der Waals surface area contributed by atoms with E-state index in [0.29, 0.717) is 29.6 Å². The molecule has 15 heavy (non-hydrogen) atoms. The zero-order valence-electron chi connectivity index (χ0n) is 8.58. The van der Waals surface area contributed by atoms with Gasteiger partial charge in [0.1, 0.15) is 18.0 Å². The van der Waals surface area contributed by atoms with Crippen LogP contribution in [0.25, 0.3) is 0 Å². The summed E-state index contributed by atoms with van der Waals surface area (Å²) in [7, 11) is 0. The van der Waals surface area contributed by atoms with Crippen LogP contribution in [0, 0.1) is 11.3 Å². The number of hydrogen-bond donors (Lipinski definition) is 2. The van der Waals surface area contributed by atoms with E-state index in [-0.39, 0.29) is 0 Å². The van der Waals surface area contributed by atoms with Crippen molar-refractivity contribution >= 4 is 11.4 Å². The summed E-state index contributed by atoms with van der Waals surface area (Å²) in [5, 5.41) is 12.1. The average Bonchev–Trinajstić information content (AvgIpc) is 2.28. The van der Waals surface area contributed by atoms with Crippen molar-refractivity contribution in [2.24, 2.45) is 0 Å². The van der Waals surface area contributed by atoms with Crippen molar-refractivity contribution in [3.63, 3.8) is 0 Å². The number of benzene rings is 1. The molecule has 1 aliphatic heterocycles. The Balaban J connectivity index is 2.40. The van der Waals surface area contributed by atoms with E-state index in [2.05, 4.69) is 18.3 Å². The van der Waals surface area contributed by atoms with Crippen molar-refractivity contribution in [3.05, 3.63) is 17.7 Å². The van der Waals surface area contributed by atoms with Crippen molar-refractivity contribution in [3.8, 4) is 11.8 Å². The molecule has 0 saturated carbocycles. The molecule has 3 N–H and O–H groups in total. The van der Waals surface area contributed by atoms with Crippen LogP contribution in [0.15, 0.2) is 12.1 Å². The van der Waals surface area contributed by atoms with E-state index in [1.807, 2.05) is 0 Å². The highest BCUT2D eigenvalue weighted by Crippen LogP contribution is 2.35. The van der Waals surface area contributed by atoms with Gasteiger partial charge in [0.05, 0.1) is 23.4 Å². The lowest BCUT2D eigenvalue weighted by Crippen LogP contribution is -2.31. The third-order valence-corrected chi connectivity index (χ3v) is 2.54. The molecular formula is C11H13N3O. The van der Waals surface area contributed by atoms with Crippen LogP contribution < -0.4 is 15.8 Å². The molecule has 0 radical (unpaired) electrons. The fourth-order valence-electron chi connectivity index (χ4n) is 1.63. The van der Waals surface area contributed by atoms with Crippen LogP contribution in [0.5, 0.6) is 5.75 Å². The number of rotatable bonds is 1. The molecule has 0 amide bonds. The summed E-state index contributed by atoms with van der Waals surface area (Å²) in [5.41, 5.74) is 7.76. The Morgan fingerprint density at radius 1 is 1.67 bits per heavy atom. The molecule has 2 rings (SSSR count). The molecule has 0 saturated heterocycles. The van der Waals surface area contributed by atoms with E-state index >= 15 is 0 Å². The van der Waals surface area contributed by atoms with Crippen molar-refractivity contribution < 1.29 is 4.74 Å². The molecule has 1 aliphatic rings. The molecule has 0 aliphatic carbocycles. The smallest absolute Gasteiger partial charge is 0.145 e. The fraction of sp³-hybridized carbons (Fsp3) is 0.364. The summed E-state index contributed by atoms with van der Waals surface area (Å²) in [6.07, 6.45) is 0.985. The second-order valence-corrected chi connectivity index (χ2v) is 3.61. The largest absolute Gasteiger partial charge is 0.489 e. The van der Waals surface area contributed by atoms with E-state index in [4.69, 9.17) is 15.7 Å². The fourth-order valence-corrected chi connectivity index (χ4v) is 1.63. The quantitative estimate of drug-likeness (QED) is 0.682. The van der Waals surface area contributed by atoms with Gasteiger partial charge in [-0.3, -0.25) is 0 Å². The number of nitrogen functional groups attached to an aromatic ring is 1. The molecule has 4 heteroatoms. The molecule has 78 valence electrons. The summed E-state index contributed by atoms with van der Waals surface area (Å²) in [4.78, 5) is 0. The Labute approximate surface area is 88.6 Å². The van der Waals surface area contributed by atoms with Crippen LogP contribution in [0.4, 0.5) is 11.4 Å². The van der Waals surface area contributed by atoms with Gasteiger partial charge >= 0.3 is 0 Å². The molecule has 4 nitrogen and oxygen atoms in total. The molecule has 1 aromatic carbocycles. The predicted octanol–water partition coefficient (Wildman–Crippen LogP) is 1.72. The van der Waals surface area contributed by atoms with Crippen LogP contribution >= 0.6 is 0 Å². The third kappa shape index (κ3) is 1.68. The van der Waals surface area contributed by atoms with Crippen LogP contribution in [-0.4, -0.2) is 12.6 Å². The molecular weight excluding hydrogens is 190 g/mol. The van der Waals surface area contributed by atoms with Crippen molar-refractivity contribution in [2.45, 2.75) is 19.4 Å². The van der Waals surface area contributed by atoms with E-state index in [1.165, 1.54) is 0 Å². The van der Waals surface area contributed by atoms with Gasteiger partial charge in [0.15, 0.2) is 0 Å². The topological polar surface area (TPSA) is 71.1 Å². The normalized spacial score (nSPS) is 18.3. The third-order valence-electron chi connectivity index (χ3n) is 2.54. The van der Waals surface area contributed by atoms with Crippen molar-refractivity contribution in [1.82, 2.24) is 0 Å². The first-order chi connectivity index (χ1) is 7.24. The van der Waals surface area contributed by atoms with Gasteiger partial charge in [-0.15, -0.1) is 0 Å². The van der Waals surface area contributed by atoms with Gasteiger partial charge in [0, 0.05) is 6.07 Å². The standard InChI is InChI=1S/C11H13N3O/c1-2-8-6-15-10-4-7(5-12)3-9(13)11(10)14-8/h3-4,8,14H,2,6,13H2,1H3/t8-/m0/s1. The lowest BCUT2D eigenvalue weighted by molar-refractivity contribution is 0.282. The minimum atomic E-state index is 0.299. The van der Waals surface area contributed by atoms with Gasteiger partial charge in [0.25, 0.3) is 0 Å². The lowest BCUT2D eigenvalue weighted by atomic mass is 10.1. The molecule has 0 bridgehead atoms. The summed E-state index contributed by atoms with van der Waals surface area (Å²) in [6.45, 7) is 2.71. The molecule has 0 aromatic heterocycles. The summed E-state index contributed by atoms with van der Waals surface area (Å²) in [6, 6.07) is 5.73. The number of nitriles is 1. The molecule has 1 atom stereocenters. The van der Waals surface area contributed by atoms with Crippen molar-refractivity contribution in [2.75, 3.05) is 17.7 Å². The first kappa shape index (κ1) is 9.66. The number of hydrogen-bond acceptors (Lipinski definition) is 4. The zero-order chi connectivity index (χ0) is 10.8. The summed E-state index contributed by atoms with van der Waals surface area (Å²) >= 11 is 0. The summed E-state index contributed by atoms with van der Waals surface area (Å²) in [5.74, 6) is 0.677. The Morgan fingerprint density at radius 2 is 2.47 bits per heavy atom. The minimum Gasteiger partial charge on any atom is -0.489 e. The highest BCUT2D eigenvalue weighted by atomic mass is 16.5. The Morgan fingerprint density at radius 3 is 3.13 bits per heavy atom. The Bertz CT molecular complexity index is 423. The first-order valence-electron chi connectivity index (χ1n) is 4.97. The van der Waals surface area contributed by atoms with Crippen LogP contribution in [0.2, 0.25) is 0 Å². The second kappa shape index (κ2) is 3.70. The number of nitrogens with one attached hydrogen (secondary N) is 1. The highest BCUT2D eigenvalue weighted by Gasteiger charge is 2.20. The lowest BCUT2D eigenvalue weighted by Gasteiger charge is -2.27. The van der Waals surface area contributed by atoms with Gasteiger partial charge in [-0.25, -0.2) is 0 Å². The van der Waals surface area contributed by atoms with Gasteiger partial charge in [-0.2, -0.15) is 5.26 Å². The molecule has 0 unspecified atom stereocenters. The maximum atomic E-state index is 8.78. The molecule has 0 fully saturated rings. The molecule has 1 aromatic rings. The van der Waals surface area contributed by atoms with E-state index in [0.717, 1.165) is 12.1 Å². The van der Waals surface area contributed by atoms with E-state index < -0.39 is 0 Å². The van der Waals surface area contributed by atoms with Gasteiger partial charge in [-0.05, 0) is 12.5 Å². The first-order valence-corrected chi connectivity index (χ1v) is 4.97. The number of nitrogens with two attached hydrogens (primary N) is 1. The Kier molecular flexibility index (Phi) is 2.38. The van der Waals surface area contributed by atoms with Gasteiger partial charge in [0.2, 0.25) is 0 Å². The van der Waals surface area contributed by atoms with Gasteiger partial charge in [-0.1, -0.05) is 6.92 Å². The van der Waals surface area contributed by atoms with Gasteiger partial charge < -0.3 is 15.8 Å². The SMILES string of the molecule is CC[C@H]1COc2cc(C#N)cc(N)c2N1. The van der Waals surface area contributed by atoms with Crippen LogP contribution in [0.3, 0.4) is 0 Å². The molecule has 1 heterocycles. The number of ether oxygens (including phenoxy) is 1. The Hall–Kier alpha value is -1.89. The average molecular weight is 203 g/mol. The minimum absolute atomic E-state index is 0.299. The number of nitrogens with zero attached hydrogens (tertiary/aromatic N) is 1. The number of anilines is 2. The zero-order valence-corrected chi connectivity index (χ0v) is 8.58. The number of fused-ring (bicyclic) bond motifs is 1. The van der Waals surface area contributed by atoms with E-state index in [1.54, 1.807) is 12.1 Å². The van der Waals surface area contributed by atoms with E-state index in [9.17, 15) is 0 Å².